The zero-order valence-electron chi connectivity index (χ0n) is 13.1. The molecule has 2 aromatic rings. The molecular formula is C19H20FNO2. The van der Waals surface area contributed by atoms with Gasteiger partial charge in [-0.1, -0.05) is 30.3 Å². The van der Waals surface area contributed by atoms with Gasteiger partial charge >= 0.3 is 0 Å². The van der Waals surface area contributed by atoms with Crippen LogP contribution >= 0.6 is 0 Å². The van der Waals surface area contributed by atoms with Crippen LogP contribution in [0, 0.1) is 5.82 Å². The molecule has 0 aromatic heterocycles. The maximum Gasteiger partial charge on any atom is 0.244 e. The van der Waals surface area contributed by atoms with Crippen LogP contribution in [0.3, 0.4) is 0 Å². The van der Waals surface area contributed by atoms with Crippen LogP contribution in [0.5, 0.6) is 5.75 Å². The second kappa shape index (κ2) is 8.73. The van der Waals surface area contributed by atoms with Crippen LogP contribution in [0.25, 0.3) is 6.08 Å². The number of hydrogen-bond donors (Lipinski definition) is 1. The van der Waals surface area contributed by atoms with Gasteiger partial charge in [-0.05, 0) is 48.7 Å². The summed E-state index contributed by atoms with van der Waals surface area (Å²) in [4.78, 5) is 11.7. The Hall–Kier alpha value is -2.62. The monoisotopic (exact) mass is 313 g/mol. The van der Waals surface area contributed by atoms with Crippen molar-refractivity contribution in [2.24, 2.45) is 0 Å². The lowest BCUT2D eigenvalue weighted by molar-refractivity contribution is -0.116. The molecule has 120 valence electrons. The highest BCUT2D eigenvalue weighted by Crippen LogP contribution is 2.13. The van der Waals surface area contributed by atoms with E-state index in [1.165, 1.54) is 12.1 Å². The molecule has 0 unspecified atom stereocenters. The number of nitrogens with one attached hydrogen (secondary N) is 1. The Balaban J connectivity index is 1.79. The topological polar surface area (TPSA) is 38.3 Å². The van der Waals surface area contributed by atoms with Crippen molar-refractivity contribution in [3.05, 3.63) is 71.6 Å². The quantitative estimate of drug-likeness (QED) is 0.793. The predicted molar refractivity (Wildman–Crippen MR) is 89.8 cm³/mol. The van der Waals surface area contributed by atoms with Crippen molar-refractivity contribution in [1.82, 2.24) is 5.32 Å². The van der Waals surface area contributed by atoms with Gasteiger partial charge in [0.25, 0.3) is 0 Å². The Morgan fingerprint density at radius 1 is 1.17 bits per heavy atom. The Kier molecular flexibility index (Phi) is 6.36. The highest BCUT2D eigenvalue weighted by Gasteiger charge is 2.01. The van der Waals surface area contributed by atoms with Gasteiger partial charge in [-0.2, -0.15) is 0 Å². The number of ether oxygens (including phenoxy) is 1. The van der Waals surface area contributed by atoms with E-state index in [-0.39, 0.29) is 11.7 Å². The van der Waals surface area contributed by atoms with E-state index in [1.807, 2.05) is 31.2 Å². The molecule has 0 bridgehead atoms. The number of halogens is 1. The van der Waals surface area contributed by atoms with Crippen LogP contribution in [0.1, 0.15) is 18.1 Å². The molecule has 0 fully saturated rings. The molecule has 0 aliphatic heterocycles. The molecule has 1 N–H and O–H groups in total. The van der Waals surface area contributed by atoms with Crippen LogP contribution < -0.4 is 10.1 Å². The molecule has 1 amide bonds. The number of rotatable bonds is 7. The SMILES string of the molecule is CCOc1ccc(/C=C/C(=O)NCCc2ccccc2F)cc1. The zero-order chi connectivity index (χ0) is 16.5. The molecule has 0 saturated heterocycles. The van der Waals surface area contributed by atoms with Crippen molar-refractivity contribution < 1.29 is 13.9 Å². The highest BCUT2D eigenvalue weighted by atomic mass is 19.1. The van der Waals surface area contributed by atoms with E-state index in [0.29, 0.717) is 25.1 Å². The molecule has 23 heavy (non-hydrogen) atoms. The van der Waals surface area contributed by atoms with Gasteiger partial charge in [0, 0.05) is 12.6 Å². The van der Waals surface area contributed by atoms with Gasteiger partial charge in [0.2, 0.25) is 5.91 Å². The number of benzene rings is 2. The van der Waals surface area contributed by atoms with Crippen molar-refractivity contribution in [2.45, 2.75) is 13.3 Å². The summed E-state index contributed by atoms with van der Waals surface area (Å²) in [5.74, 6) is 0.362. The van der Waals surface area contributed by atoms with Crippen molar-refractivity contribution in [2.75, 3.05) is 13.2 Å². The number of hydrogen-bond acceptors (Lipinski definition) is 2. The first-order chi connectivity index (χ1) is 11.2. The van der Waals surface area contributed by atoms with Crippen LogP contribution in [0.15, 0.2) is 54.6 Å². The second-order valence-electron chi connectivity index (χ2n) is 4.97. The zero-order valence-corrected chi connectivity index (χ0v) is 13.1. The molecule has 0 saturated carbocycles. The summed E-state index contributed by atoms with van der Waals surface area (Å²) in [5, 5.41) is 2.74. The summed E-state index contributed by atoms with van der Waals surface area (Å²) in [5.41, 5.74) is 1.51. The fourth-order valence-electron chi connectivity index (χ4n) is 2.09. The van der Waals surface area contributed by atoms with Gasteiger partial charge in [0.1, 0.15) is 11.6 Å². The van der Waals surface area contributed by atoms with Gasteiger partial charge in [-0.3, -0.25) is 4.79 Å². The average molecular weight is 313 g/mol. The molecule has 0 radical (unpaired) electrons. The minimum Gasteiger partial charge on any atom is -0.494 e. The van der Waals surface area contributed by atoms with E-state index in [1.54, 1.807) is 24.3 Å². The first-order valence-electron chi connectivity index (χ1n) is 7.61. The molecule has 4 heteroatoms. The van der Waals surface area contributed by atoms with Crippen molar-refractivity contribution >= 4 is 12.0 Å². The highest BCUT2D eigenvalue weighted by molar-refractivity contribution is 5.91. The minimum absolute atomic E-state index is 0.199. The molecule has 3 nitrogen and oxygen atoms in total. The van der Waals surface area contributed by atoms with Crippen molar-refractivity contribution in [3.63, 3.8) is 0 Å². The lowest BCUT2D eigenvalue weighted by Gasteiger charge is -2.04. The molecule has 2 aromatic carbocycles. The normalized spacial score (nSPS) is 10.7. The number of amides is 1. The Bertz CT molecular complexity index is 665. The molecule has 0 heterocycles. The lowest BCUT2D eigenvalue weighted by Crippen LogP contribution is -2.23. The summed E-state index contributed by atoms with van der Waals surface area (Å²) < 4.78 is 18.8. The Morgan fingerprint density at radius 2 is 1.91 bits per heavy atom. The standard InChI is InChI=1S/C19H20FNO2/c1-2-23-17-10-7-15(8-11-17)9-12-19(22)21-14-13-16-5-3-4-6-18(16)20/h3-12H,2,13-14H2,1H3,(H,21,22)/b12-9+. The maximum atomic E-state index is 13.4. The van der Waals surface area contributed by atoms with Gasteiger partial charge in [-0.15, -0.1) is 0 Å². The molecule has 0 aliphatic carbocycles. The Morgan fingerprint density at radius 3 is 2.61 bits per heavy atom. The van der Waals surface area contributed by atoms with E-state index in [9.17, 15) is 9.18 Å². The van der Waals surface area contributed by atoms with Crippen molar-refractivity contribution in [1.29, 1.82) is 0 Å². The molecule has 0 atom stereocenters. The third kappa shape index (κ3) is 5.58. The van der Waals surface area contributed by atoms with E-state index >= 15 is 0 Å². The summed E-state index contributed by atoms with van der Waals surface area (Å²) in [6.07, 6.45) is 3.67. The Labute approximate surface area is 135 Å². The van der Waals surface area contributed by atoms with E-state index in [2.05, 4.69) is 5.32 Å². The van der Waals surface area contributed by atoms with Gasteiger partial charge in [0.05, 0.1) is 6.61 Å². The van der Waals surface area contributed by atoms with E-state index < -0.39 is 0 Å². The minimum atomic E-state index is -0.244. The number of carbonyl (C=O) groups is 1. The van der Waals surface area contributed by atoms with Gasteiger partial charge in [0.15, 0.2) is 0 Å². The summed E-state index contributed by atoms with van der Waals surface area (Å²) in [6, 6.07) is 14.1. The first kappa shape index (κ1) is 16.7. The summed E-state index contributed by atoms with van der Waals surface area (Å²) >= 11 is 0. The van der Waals surface area contributed by atoms with Crippen molar-refractivity contribution in [3.8, 4) is 5.75 Å². The molecule has 0 spiro atoms. The van der Waals surface area contributed by atoms with Crippen LogP contribution in [0.4, 0.5) is 4.39 Å². The van der Waals surface area contributed by atoms with Crippen LogP contribution in [-0.2, 0) is 11.2 Å². The largest absolute Gasteiger partial charge is 0.494 e. The predicted octanol–water partition coefficient (Wildman–Crippen LogP) is 3.60. The lowest BCUT2D eigenvalue weighted by atomic mass is 10.1. The van der Waals surface area contributed by atoms with Gasteiger partial charge < -0.3 is 10.1 Å². The third-order valence-electron chi connectivity index (χ3n) is 3.27. The number of carbonyl (C=O) groups excluding carboxylic acids is 1. The molecular weight excluding hydrogens is 293 g/mol. The fourth-order valence-corrected chi connectivity index (χ4v) is 2.09. The van der Waals surface area contributed by atoms with Crippen LogP contribution in [-0.4, -0.2) is 19.1 Å². The third-order valence-corrected chi connectivity index (χ3v) is 3.27. The smallest absolute Gasteiger partial charge is 0.244 e. The van der Waals surface area contributed by atoms with Crippen LogP contribution in [0.2, 0.25) is 0 Å². The van der Waals surface area contributed by atoms with E-state index in [0.717, 1.165) is 11.3 Å². The molecule has 2 rings (SSSR count). The fraction of sp³-hybridized carbons (Fsp3) is 0.211. The average Bonchev–Trinajstić information content (AvgIpc) is 2.56. The summed E-state index contributed by atoms with van der Waals surface area (Å²) in [7, 11) is 0. The maximum absolute atomic E-state index is 13.4. The summed E-state index contributed by atoms with van der Waals surface area (Å²) in [6.45, 7) is 2.95. The molecule has 0 aliphatic rings. The first-order valence-corrected chi connectivity index (χ1v) is 7.61. The van der Waals surface area contributed by atoms with E-state index in [4.69, 9.17) is 4.74 Å². The van der Waals surface area contributed by atoms with Gasteiger partial charge in [-0.25, -0.2) is 4.39 Å². The second-order valence-corrected chi connectivity index (χ2v) is 4.97.